The average Bonchev–Trinajstić information content (AvgIpc) is 2.65. The van der Waals surface area contributed by atoms with E-state index in [0.717, 1.165) is 30.2 Å². The van der Waals surface area contributed by atoms with E-state index >= 15 is 0 Å². The van der Waals surface area contributed by atoms with Gasteiger partial charge in [-0.15, -0.1) is 0 Å². The third kappa shape index (κ3) is 2.32. The van der Waals surface area contributed by atoms with E-state index in [-0.39, 0.29) is 5.54 Å². The summed E-state index contributed by atoms with van der Waals surface area (Å²) in [6.07, 6.45) is 4.74. The summed E-state index contributed by atoms with van der Waals surface area (Å²) in [4.78, 5) is 8.83. The van der Waals surface area contributed by atoms with Crippen molar-refractivity contribution in [3.8, 4) is 0 Å². The summed E-state index contributed by atoms with van der Waals surface area (Å²) in [6, 6.07) is 1.98. The lowest BCUT2D eigenvalue weighted by Gasteiger charge is -2.28. The molecule has 1 aromatic rings. The Kier molecular flexibility index (Phi) is 3.10. The first-order chi connectivity index (χ1) is 7.63. The van der Waals surface area contributed by atoms with Crippen LogP contribution in [0.5, 0.6) is 0 Å². The Morgan fingerprint density at radius 1 is 1.25 bits per heavy atom. The van der Waals surface area contributed by atoms with Crippen LogP contribution in [0.15, 0.2) is 6.07 Å². The molecule has 0 radical (unpaired) electrons. The number of aromatic nitrogens is 2. The van der Waals surface area contributed by atoms with Crippen molar-refractivity contribution < 1.29 is 0 Å². The number of rotatable bonds is 3. The van der Waals surface area contributed by atoms with Crippen LogP contribution in [-0.4, -0.2) is 22.1 Å². The van der Waals surface area contributed by atoms with Gasteiger partial charge in [-0.25, -0.2) is 9.97 Å². The molecule has 3 N–H and O–H groups in total. The lowest BCUT2D eigenvalue weighted by Crippen LogP contribution is -2.43. The number of anilines is 1. The van der Waals surface area contributed by atoms with Gasteiger partial charge in [0.05, 0.1) is 5.54 Å². The summed E-state index contributed by atoms with van der Waals surface area (Å²) < 4.78 is 0. The molecule has 88 valence electrons. The van der Waals surface area contributed by atoms with Crippen molar-refractivity contribution in [1.82, 2.24) is 9.97 Å². The third-order valence-electron chi connectivity index (χ3n) is 3.31. The van der Waals surface area contributed by atoms with Gasteiger partial charge in [0.1, 0.15) is 0 Å². The second-order valence-electron chi connectivity index (χ2n) is 4.79. The number of aryl methyl sites for hydroxylation is 2. The summed E-state index contributed by atoms with van der Waals surface area (Å²) in [7, 11) is 0. The average molecular weight is 220 g/mol. The highest BCUT2D eigenvalue weighted by atomic mass is 15.2. The molecule has 1 fully saturated rings. The third-order valence-corrected chi connectivity index (χ3v) is 3.31. The summed E-state index contributed by atoms with van der Waals surface area (Å²) in [5, 5.41) is 3.44. The molecule has 4 heteroatoms. The van der Waals surface area contributed by atoms with Crippen LogP contribution in [0.4, 0.5) is 5.95 Å². The maximum atomic E-state index is 5.87. The van der Waals surface area contributed by atoms with Crippen molar-refractivity contribution in [2.24, 2.45) is 5.73 Å². The SMILES string of the molecule is Cc1cc(C)nc(NC2(CN)CCCC2)n1. The molecule has 0 spiro atoms. The Hall–Kier alpha value is -1.16. The molecular weight excluding hydrogens is 200 g/mol. The summed E-state index contributed by atoms with van der Waals surface area (Å²) >= 11 is 0. The molecule has 1 heterocycles. The lowest BCUT2D eigenvalue weighted by molar-refractivity contribution is 0.488. The zero-order valence-corrected chi connectivity index (χ0v) is 10.1. The van der Waals surface area contributed by atoms with E-state index in [0.29, 0.717) is 6.54 Å². The van der Waals surface area contributed by atoms with E-state index in [1.54, 1.807) is 0 Å². The van der Waals surface area contributed by atoms with Crippen molar-refractivity contribution >= 4 is 5.95 Å². The highest BCUT2D eigenvalue weighted by molar-refractivity contribution is 5.32. The predicted molar refractivity (Wildman–Crippen MR) is 65.4 cm³/mol. The van der Waals surface area contributed by atoms with Crippen LogP contribution in [0.3, 0.4) is 0 Å². The summed E-state index contributed by atoms with van der Waals surface area (Å²) in [6.45, 7) is 4.64. The molecule has 1 aromatic heterocycles. The minimum absolute atomic E-state index is 0.0280. The largest absolute Gasteiger partial charge is 0.348 e. The zero-order valence-electron chi connectivity index (χ0n) is 10.1. The lowest BCUT2D eigenvalue weighted by atomic mass is 9.98. The van der Waals surface area contributed by atoms with Crippen LogP contribution in [0.2, 0.25) is 0 Å². The van der Waals surface area contributed by atoms with Gasteiger partial charge in [0.25, 0.3) is 0 Å². The second kappa shape index (κ2) is 4.37. The van der Waals surface area contributed by atoms with Crippen molar-refractivity contribution in [2.75, 3.05) is 11.9 Å². The van der Waals surface area contributed by atoms with Gasteiger partial charge in [-0.3, -0.25) is 0 Å². The number of hydrogen-bond acceptors (Lipinski definition) is 4. The maximum Gasteiger partial charge on any atom is 0.223 e. The summed E-state index contributed by atoms with van der Waals surface area (Å²) in [5.74, 6) is 0.727. The Morgan fingerprint density at radius 3 is 2.31 bits per heavy atom. The van der Waals surface area contributed by atoms with Crippen LogP contribution in [0.25, 0.3) is 0 Å². The molecule has 16 heavy (non-hydrogen) atoms. The topological polar surface area (TPSA) is 63.8 Å². The predicted octanol–water partition coefficient (Wildman–Crippen LogP) is 1.78. The van der Waals surface area contributed by atoms with Gasteiger partial charge in [0.2, 0.25) is 5.95 Å². The van der Waals surface area contributed by atoms with Crippen LogP contribution in [0.1, 0.15) is 37.1 Å². The molecule has 2 rings (SSSR count). The second-order valence-corrected chi connectivity index (χ2v) is 4.79. The molecule has 1 aliphatic rings. The molecule has 0 atom stereocenters. The normalized spacial score (nSPS) is 18.7. The first-order valence-corrected chi connectivity index (χ1v) is 5.94. The standard InChI is InChI=1S/C12H20N4/c1-9-7-10(2)15-11(14-9)16-12(8-13)5-3-4-6-12/h7H,3-6,8,13H2,1-2H3,(H,14,15,16). The quantitative estimate of drug-likeness (QED) is 0.815. The van der Waals surface area contributed by atoms with Gasteiger partial charge in [-0.05, 0) is 32.8 Å². The van der Waals surface area contributed by atoms with E-state index in [9.17, 15) is 0 Å². The van der Waals surface area contributed by atoms with Crippen LogP contribution < -0.4 is 11.1 Å². The molecule has 0 amide bonds. The Balaban J connectivity index is 2.18. The maximum absolute atomic E-state index is 5.87. The fourth-order valence-corrected chi connectivity index (χ4v) is 2.45. The van der Waals surface area contributed by atoms with Crippen molar-refractivity contribution in [1.29, 1.82) is 0 Å². The monoisotopic (exact) mass is 220 g/mol. The van der Waals surface area contributed by atoms with Crippen molar-refractivity contribution in [3.05, 3.63) is 17.5 Å². The summed E-state index contributed by atoms with van der Waals surface area (Å²) in [5.41, 5.74) is 7.90. The Morgan fingerprint density at radius 2 is 1.81 bits per heavy atom. The van der Waals surface area contributed by atoms with Crippen LogP contribution >= 0.6 is 0 Å². The Labute approximate surface area is 96.7 Å². The van der Waals surface area contributed by atoms with E-state index in [1.165, 1.54) is 12.8 Å². The molecule has 0 unspecified atom stereocenters. The van der Waals surface area contributed by atoms with Gasteiger partial charge in [-0.2, -0.15) is 0 Å². The molecule has 1 saturated carbocycles. The fourth-order valence-electron chi connectivity index (χ4n) is 2.45. The molecule has 4 nitrogen and oxygen atoms in total. The highest BCUT2D eigenvalue weighted by Gasteiger charge is 2.32. The van der Waals surface area contributed by atoms with Gasteiger partial charge < -0.3 is 11.1 Å². The number of nitrogens with two attached hydrogens (primary N) is 1. The van der Waals surface area contributed by atoms with Gasteiger partial charge in [0, 0.05) is 17.9 Å². The number of hydrogen-bond donors (Lipinski definition) is 2. The highest BCUT2D eigenvalue weighted by Crippen LogP contribution is 2.31. The minimum Gasteiger partial charge on any atom is -0.348 e. The molecule has 0 bridgehead atoms. The van der Waals surface area contributed by atoms with Crippen molar-refractivity contribution in [2.45, 2.75) is 45.1 Å². The van der Waals surface area contributed by atoms with Gasteiger partial charge in [0.15, 0.2) is 0 Å². The van der Waals surface area contributed by atoms with E-state index < -0.39 is 0 Å². The van der Waals surface area contributed by atoms with Gasteiger partial charge >= 0.3 is 0 Å². The first kappa shape index (κ1) is 11.3. The molecule has 0 aliphatic heterocycles. The minimum atomic E-state index is 0.0280. The molecule has 0 aromatic carbocycles. The number of nitrogens with one attached hydrogen (secondary N) is 1. The molecule has 0 saturated heterocycles. The van der Waals surface area contributed by atoms with E-state index in [1.807, 2.05) is 19.9 Å². The zero-order chi connectivity index (χ0) is 11.6. The number of nitrogens with zero attached hydrogens (tertiary/aromatic N) is 2. The van der Waals surface area contributed by atoms with E-state index in [2.05, 4.69) is 15.3 Å². The van der Waals surface area contributed by atoms with Crippen LogP contribution in [-0.2, 0) is 0 Å². The van der Waals surface area contributed by atoms with E-state index in [4.69, 9.17) is 5.73 Å². The van der Waals surface area contributed by atoms with Gasteiger partial charge in [-0.1, -0.05) is 12.8 Å². The first-order valence-electron chi connectivity index (χ1n) is 5.94. The fraction of sp³-hybridized carbons (Fsp3) is 0.667. The Bertz CT molecular complexity index is 349. The molecular formula is C12H20N4. The smallest absolute Gasteiger partial charge is 0.223 e. The van der Waals surface area contributed by atoms with Crippen LogP contribution in [0, 0.1) is 13.8 Å². The molecule has 1 aliphatic carbocycles. The van der Waals surface area contributed by atoms with Crippen molar-refractivity contribution in [3.63, 3.8) is 0 Å².